The van der Waals surface area contributed by atoms with Crippen molar-refractivity contribution in [1.82, 2.24) is 0 Å². The number of hydrogen-bond acceptors (Lipinski definition) is 6. The monoisotopic (exact) mass is 254 g/mol. The predicted molar refractivity (Wildman–Crippen MR) is 60.2 cm³/mol. The van der Waals surface area contributed by atoms with Crippen LogP contribution in [0.3, 0.4) is 0 Å². The number of Topliss-reactive ketones (excluding diaryl/α,β-unsaturated/α-hetero) is 1. The van der Waals surface area contributed by atoms with Gasteiger partial charge >= 0.3 is 11.9 Å². The van der Waals surface area contributed by atoms with Crippen LogP contribution in [0.1, 0.15) is 34.7 Å². The lowest BCUT2D eigenvalue weighted by Crippen LogP contribution is -2.20. The van der Waals surface area contributed by atoms with Crippen molar-refractivity contribution in [2.24, 2.45) is 0 Å². The molecule has 0 spiro atoms. The first-order valence-electron chi connectivity index (χ1n) is 5.19. The van der Waals surface area contributed by atoms with Crippen molar-refractivity contribution < 1.29 is 28.3 Å². The zero-order valence-corrected chi connectivity index (χ0v) is 10.6. The summed E-state index contributed by atoms with van der Waals surface area (Å²) in [6, 6.07) is 1.32. The second-order valence-electron chi connectivity index (χ2n) is 3.68. The molecule has 1 aromatic heterocycles. The average Bonchev–Trinajstić information content (AvgIpc) is 2.69. The van der Waals surface area contributed by atoms with Gasteiger partial charge in [0, 0.05) is 0 Å². The van der Waals surface area contributed by atoms with E-state index in [1.54, 1.807) is 6.92 Å². The summed E-state index contributed by atoms with van der Waals surface area (Å²) in [5.74, 6) is -2.54. The normalized spacial score (nSPS) is 11.8. The maximum atomic E-state index is 11.5. The van der Waals surface area contributed by atoms with E-state index in [-0.39, 0.29) is 17.1 Å². The molecule has 1 heterocycles. The second kappa shape index (κ2) is 5.48. The number of carbonyl (C=O) groups is 3. The highest BCUT2D eigenvalue weighted by Crippen LogP contribution is 2.25. The maximum Gasteiger partial charge on any atom is 0.341 e. The Bertz CT molecular complexity index is 485. The summed E-state index contributed by atoms with van der Waals surface area (Å²) in [5, 5.41) is 0. The molecule has 98 valence electrons. The third kappa shape index (κ3) is 2.58. The molecule has 0 fully saturated rings. The summed E-state index contributed by atoms with van der Waals surface area (Å²) >= 11 is 0. The van der Waals surface area contributed by atoms with Gasteiger partial charge in [-0.2, -0.15) is 0 Å². The lowest BCUT2D eigenvalue weighted by molar-refractivity contribution is -0.145. The highest BCUT2D eigenvalue weighted by molar-refractivity contribution is 6.03. The van der Waals surface area contributed by atoms with Gasteiger partial charge in [-0.15, -0.1) is 0 Å². The third-order valence-electron chi connectivity index (χ3n) is 2.47. The molecule has 0 aliphatic heterocycles. The van der Waals surface area contributed by atoms with Crippen LogP contribution in [-0.2, 0) is 19.1 Å². The van der Waals surface area contributed by atoms with E-state index < -0.39 is 23.6 Å². The van der Waals surface area contributed by atoms with E-state index >= 15 is 0 Å². The molecule has 18 heavy (non-hydrogen) atoms. The number of hydrogen-bond donors (Lipinski definition) is 0. The van der Waals surface area contributed by atoms with Gasteiger partial charge in [0.05, 0.1) is 14.2 Å². The Kier molecular flexibility index (Phi) is 4.25. The van der Waals surface area contributed by atoms with Crippen LogP contribution in [0.5, 0.6) is 0 Å². The lowest BCUT2D eigenvalue weighted by atomic mass is 10.0. The van der Waals surface area contributed by atoms with Crippen molar-refractivity contribution in [2.45, 2.75) is 19.8 Å². The first-order valence-corrected chi connectivity index (χ1v) is 5.19. The van der Waals surface area contributed by atoms with Gasteiger partial charge in [0.2, 0.25) is 0 Å². The number of esters is 2. The average molecular weight is 254 g/mol. The Morgan fingerprint density at radius 1 is 1.22 bits per heavy atom. The van der Waals surface area contributed by atoms with Crippen LogP contribution >= 0.6 is 0 Å². The van der Waals surface area contributed by atoms with Gasteiger partial charge < -0.3 is 13.9 Å². The van der Waals surface area contributed by atoms with E-state index in [0.717, 1.165) is 0 Å². The topological polar surface area (TPSA) is 82.8 Å². The largest absolute Gasteiger partial charge is 0.468 e. The van der Waals surface area contributed by atoms with Gasteiger partial charge in [-0.05, 0) is 19.9 Å². The molecule has 1 atom stereocenters. The van der Waals surface area contributed by atoms with Crippen molar-refractivity contribution in [3.63, 3.8) is 0 Å². The molecular formula is C12H14O6. The van der Waals surface area contributed by atoms with E-state index in [4.69, 9.17) is 4.42 Å². The third-order valence-corrected chi connectivity index (χ3v) is 2.47. The fourth-order valence-electron chi connectivity index (χ4n) is 1.56. The van der Waals surface area contributed by atoms with Crippen LogP contribution in [0.4, 0.5) is 0 Å². The first-order chi connectivity index (χ1) is 8.42. The van der Waals surface area contributed by atoms with Gasteiger partial charge in [0.25, 0.3) is 0 Å². The SMILES string of the molecule is COC(=O)c1cc(C(C(C)=O)C(=O)OC)oc1C. The zero-order chi connectivity index (χ0) is 13.9. The minimum absolute atomic E-state index is 0.0762. The Balaban J connectivity index is 3.19. The fraction of sp³-hybridized carbons (Fsp3) is 0.417. The highest BCUT2D eigenvalue weighted by Gasteiger charge is 2.31. The van der Waals surface area contributed by atoms with Crippen molar-refractivity contribution in [1.29, 1.82) is 0 Å². The van der Waals surface area contributed by atoms with Gasteiger partial charge in [0.1, 0.15) is 17.1 Å². The summed E-state index contributed by atoms with van der Waals surface area (Å²) in [7, 11) is 2.41. The Morgan fingerprint density at radius 3 is 2.28 bits per heavy atom. The number of methoxy groups -OCH3 is 2. The van der Waals surface area contributed by atoms with Crippen LogP contribution in [0.2, 0.25) is 0 Å². The molecule has 1 rings (SSSR count). The van der Waals surface area contributed by atoms with E-state index in [0.29, 0.717) is 0 Å². The summed E-state index contributed by atoms with van der Waals surface area (Å²) in [6.45, 7) is 2.79. The molecule has 6 heteroatoms. The number of ether oxygens (including phenoxy) is 2. The molecule has 0 amide bonds. The number of furan rings is 1. The molecule has 0 saturated heterocycles. The van der Waals surface area contributed by atoms with E-state index in [9.17, 15) is 14.4 Å². The zero-order valence-electron chi connectivity index (χ0n) is 10.6. The van der Waals surface area contributed by atoms with Crippen LogP contribution in [0.15, 0.2) is 10.5 Å². The van der Waals surface area contributed by atoms with E-state index in [1.165, 1.54) is 27.2 Å². The Morgan fingerprint density at radius 2 is 1.83 bits per heavy atom. The van der Waals surface area contributed by atoms with E-state index in [2.05, 4.69) is 9.47 Å². The molecule has 0 bridgehead atoms. The number of ketones is 1. The molecule has 0 N–H and O–H groups in total. The molecule has 0 aliphatic carbocycles. The maximum absolute atomic E-state index is 11.5. The van der Waals surface area contributed by atoms with Gasteiger partial charge in [0.15, 0.2) is 11.7 Å². The molecule has 1 aromatic rings. The van der Waals surface area contributed by atoms with Crippen molar-refractivity contribution in [3.05, 3.63) is 23.2 Å². The second-order valence-corrected chi connectivity index (χ2v) is 3.68. The molecule has 6 nitrogen and oxygen atoms in total. The summed E-state index contributed by atoms with van der Waals surface area (Å²) in [6.07, 6.45) is 0. The smallest absolute Gasteiger partial charge is 0.341 e. The number of rotatable bonds is 4. The summed E-state index contributed by atoms with van der Waals surface area (Å²) in [4.78, 5) is 34.3. The fourth-order valence-corrected chi connectivity index (χ4v) is 1.56. The molecule has 0 aromatic carbocycles. The number of carbonyl (C=O) groups excluding carboxylic acids is 3. The van der Waals surface area contributed by atoms with Crippen LogP contribution in [0.25, 0.3) is 0 Å². The molecular weight excluding hydrogens is 240 g/mol. The Hall–Kier alpha value is -2.11. The Labute approximate surface area is 104 Å². The van der Waals surface area contributed by atoms with Crippen molar-refractivity contribution >= 4 is 17.7 Å². The van der Waals surface area contributed by atoms with Gasteiger partial charge in [-0.3, -0.25) is 9.59 Å². The highest BCUT2D eigenvalue weighted by atomic mass is 16.5. The summed E-state index contributed by atoms with van der Waals surface area (Å²) in [5.41, 5.74) is 0.183. The molecule has 1 unspecified atom stereocenters. The lowest BCUT2D eigenvalue weighted by Gasteiger charge is -2.07. The van der Waals surface area contributed by atoms with Crippen LogP contribution < -0.4 is 0 Å². The molecule has 0 aliphatic rings. The molecule has 0 radical (unpaired) electrons. The minimum Gasteiger partial charge on any atom is -0.468 e. The van der Waals surface area contributed by atoms with Crippen molar-refractivity contribution in [3.8, 4) is 0 Å². The summed E-state index contributed by atoms with van der Waals surface area (Å²) < 4.78 is 14.3. The minimum atomic E-state index is -1.16. The van der Waals surface area contributed by atoms with Crippen LogP contribution in [-0.4, -0.2) is 31.9 Å². The van der Waals surface area contributed by atoms with E-state index in [1.807, 2.05) is 0 Å². The van der Waals surface area contributed by atoms with Crippen LogP contribution in [0, 0.1) is 6.92 Å². The molecule has 0 saturated carbocycles. The van der Waals surface area contributed by atoms with Gasteiger partial charge in [-0.25, -0.2) is 4.79 Å². The number of aryl methyl sites for hydroxylation is 1. The standard InChI is InChI=1S/C12H14O6/c1-6(13)10(12(15)17-4)9-5-8(7(2)18-9)11(14)16-3/h5,10H,1-4H3. The first kappa shape index (κ1) is 14.0. The quantitative estimate of drug-likeness (QED) is 0.593. The predicted octanol–water partition coefficient (Wildman–Crippen LogP) is 1.22. The van der Waals surface area contributed by atoms with Gasteiger partial charge in [-0.1, -0.05) is 0 Å². The van der Waals surface area contributed by atoms with Crippen molar-refractivity contribution in [2.75, 3.05) is 14.2 Å².